The number of fused-ring (bicyclic) bond motifs is 14. The standard InChI is InChI=1S/C55H36N2/c1-3-20-40(21-4-1)56(42-33-31-37-17-7-8-19-39(37)35-42)52-36-49-54(45-26-12-11-25-44(45)52)53-43-24-10-9-18-38(43)32-34-48(53)55(49)46-27-13-15-29-50(46)57(41-22-5-2-6-23-41)51-30-16-14-28-47(51)55/h1-36H. The Labute approximate surface area is 332 Å². The van der Waals surface area contributed by atoms with Gasteiger partial charge in [-0.15, -0.1) is 0 Å². The minimum Gasteiger partial charge on any atom is -0.310 e. The van der Waals surface area contributed by atoms with Gasteiger partial charge in [0.05, 0.1) is 22.5 Å². The first-order valence-corrected chi connectivity index (χ1v) is 19.8. The van der Waals surface area contributed by atoms with Gasteiger partial charge in [0.15, 0.2) is 0 Å². The number of rotatable bonds is 4. The molecule has 266 valence electrons. The van der Waals surface area contributed by atoms with E-state index in [9.17, 15) is 0 Å². The Morgan fingerprint density at radius 3 is 1.61 bits per heavy atom. The molecule has 10 aromatic carbocycles. The summed E-state index contributed by atoms with van der Waals surface area (Å²) in [6.45, 7) is 0. The molecule has 1 heterocycles. The fraction of sp³-hybridized carbons (Fsp3) is 0.0182. The molecule has 0 radical (unpaired) electrons. The molecule has 0 aromatic heterocycles. The minimum absolute atomic E-state index is 0.613. The Balaban J connectivity index is 1.26. The third-order valence-corrected chi connectivity index (χ3v) is 12.4. The predicted molar refractivity (Wildman–Crippen MR) is 239 cm³/mol. The molecule has 1 aliphatic carbocycles. The van der Waals surface area contributed by atoms with E-state index in [1.807, 2.05) is 0 Å². The zero-order valence-corrected chi connectivity index (χ0v) is 31.2. The number of hydrogen-bond donors (Lipinski definition) is 0. The molecule has 2 aliphatic rings. The second kappa shape index (κ2) is 12.3. The SMILES string of the molecule is c1ccc(N2c3ccccc3C3(c4ccccc42)c2ccc4ccccc4c2-c2c3cc(N(c3ccccc3)c3ccc4ccccc4c3)c3ccccc23)cc1. The largest absolute Gasteiger partial charge is 0.310 e. The zero-order chi connectivity index (χ0) is 37.5. The molecule has 2 nitrogen and oxygen atoms in total. The summed E-state index contributed by atoms with van der Waals surface area (Å²) in [4.78, 5) is 4.93. The molecule has 12 rings (SSSR count). The van der Waals surface area contributed by atoms with Crippen molar-refractivity contribution in [3.63, 3.8) is 0 Å². The van der Waals surface area contributed by atoms with Gasteiger partial charge in [-0.1, -0.05) is 164 Å². The van der Waals surface area contributed by atoms with Gasteiger partial charge in [0.1, 0.15) is 0 Å². The molecule has 57 heavy (non-hydrogen) atoms. The van der Waals surface area contributed by atoms with Crippen molar-refractivity contribution in [1.82, 2.24) is 0 Å². The smallest absolute Gasteiger partial charge is 0.0755 e. The van der Waals surface area contributed by atoms with Gasteiger partial charge in [-0.2, -0.15) is 0 Å². The number of anilines is 6. The van der Waals surface area contributed by atoms with Gasteiger partial charge in [0.25, 0.3) is 0 Å². The van der Waals surface area contributed by atoms with Crippen molar-refractivity contribution in [3.05, 3.63) is 241 Å². The van der Waals surface area contributed by atoms with E-state index in [1.165, 1.54) is 77.1 Å². The van der Waals surface area contributed by atoms with Crippen LogP contribution in [0.1, 0.15) is 22.3 Å². The molecule has 0 saturated heterocycles. The summed E-state index contributed by atoms with van der Waals surface area (Å²) in [6.07, 6.45) is 0. The highest BCUT2D eigenvalue weighted by atomic mass is 15.2. The summed E-state index contributed by atoms with van der Waals surface area (Å²) in [5, 5.41) is 7.44. The van der Waals surface area contributed by atoms with Crippen molar-refractivity contribution in [2.45, 2.75) is 5.41 Å². The van der Waals surface area contributed by atoms with Crippen molar-refractivity contribution in [2.75, 3.05) is 9.80 Å². The summed E-state index contributed by atoms with van der Waals surface area (Å²) in [7, 11) is 0. The van der Waals surface area contributed by atoms with Crippen LogP contribution in [0.15, 0.2) is 218 Å². The Kier molecular flexibility index (Phi) is 6.88. The van der Waals surface area contributed by atoms with E-state index in [4.69, 9.17) is 0 Å². The summed E-state index contributed by atoms with van der Waals surface area (Å²) in [5.41, 5.74) is 14.1. The third kappa shape index (κ3) is 4.47. The normalized spacial score (nSPS) is 13.4. The lowest BCUT2D eigenvalue weighted by molar-refractivity contribution is 0.753. The molecule has 1 aliphatic heterocycles. The van der Waals surface area contributed by atoms with Gasteiger partial charge in [-0.25, -0.2) is 0 Å². The molecule has 1 spiro atoms. The Bertz CT molecular complexity index is 3150. The summed E-state index contributed by atoms with van der Waals surface area (Å²) < 4.78 is 0. The number of hydrogen-bond acceptors (Lipinski definition) is 2. The van der Waals surface area contributed by atoms with Crippen LogP contribution in [0.25, 0.3) is 43.4 Å². The molecule has 0 atom stereocenters. The molecule has 0 saturated carbocycles. The van der Waals surface area contributed by atoms with E-state index in [0.29, 0.717) is 0 Å². The second-order valence-electron chi connectivity index (χ2n) is 15.2. The molecule has 2 heteroatoms. The highest BCUT2D eigenvalue weighted by Crippen LogP contribution is 2.66. The molecule has 0 bridgehead atoms. The van der Waals surface area contributed by atoms with E-state index in [1.54, 1.807) is 0 Å². The van der Waals surface area contributed by atoms with Gasteiger partial charge < -0.3 is 9.80 Å². The maximum Gasteiger partial charge on any atom is 0.0755 e. The fourth-order valence-electron chi connectivity index (χ4n) is 10.1. The van der Waals surface area contributed by atoms with Crippen LogP contribution in [0.3, 0.4) is 0 Å². The van der Waals surface area contributed by atoms with Crippen molar-refractivity contribution in [1.29, 1.82) is 0 Å². The fourth-order valence-corrected chi connectivity index (χ4v) is 10.1. The van der Waals surface area contributed by atoms with Gasteiger partial charge in [-0.3, -0.25) is 0 Å². The van der Waals surface area contributed by atoms with Crippen LogP contribution in [-0.2, 0) is 5.41 Å². The Morgan fingerprint density at radius 1 is 0.333 bits per heavy atom. The van der Waals surface area contributed by atoms with Gasteiger partial charge in [0, 0.05) is 22.4 Å². The molecular formula is C55H36N2. The topological polar surface area (TPSA) is 6.48 Å². The van der Waals surface area contributed by atoms with Gasteiger partial charge >= 0.3 is 0 Å². The summed E-state index contributed by atoms with van der Waals surface area (Å²) >= 11 is 0. The molecule has 0 unspecified atom stereocenters. The van der Waals surface area contributed by atoms with Gasteiger partial charge in [-0.05, 0) is 115 Å². The van der Waals surface area contributed by atoms with Crippen molar-refractivity contribution in [3.8, 4) is 11.1 Å². The molecule has 10 aromatic rings. The van der Waals surface area contributed by atoms with Crippen LogP contribution in [0.4, 0.5) is 34.1 Å². The quantitative estimate of drug-likeness (QED) is 0.178. The molecular weight excluding hydrogens is 689 g/mol. The van der Waals surface area contributed by atoms with Crippen LogP contribution in [-0.4, -0.2) is 0 Å². The first kappa shape index (κ1) is 31.9. The van der Waals surface area contributed by atoms with Crippen molar-refractivity contribution < 1.29 is 0 Å². The summed E-state index contributed by atoms with van der Waals surface area (Å²) in [6, 6.07) is 80.7. The average Bonchev–Trinajstić information content (AvgIpc) is 3.58. The predicted octanol–water partition coefficient (Wildman–Crippen LogP) is 14.8. The lowest BCUT2D eigenvalue weighted by Crippen LogP contribution is -2.36. The van der Waals surface area contributed by atoms with Crippen LogP contribution < -0.4 is 9.80 Å². The molecule has 0 amide bonds. The number of para-hydroxylation sites is 4. The Morgan fingerprint density at radius 2 is 0.877 bits per heavy atom. The third-order valence-electron chi connectivity index (χ3n) is 12.4. The first-order valence-electron chi connectivity index (χ1n) is 19.8. The van der Waals surface area contributed by atoms with E-state index in [-0.39, 0.29) is 0 Å². The van der Waals surface area contributed by atoms with Crippen molar-refractivity contribution >= 4 is 66.4 Å². The van der Waals surface area contributed by atoms with Crippen LogP contribution in [0, 0.1) is 0 Å². The van der Waals surface area contributed by atoms with E-state index < -0.39 is 5.41 Å². The highest BCUT2D eigenvalue weighted by Gasteiger charge is 2.53. The lowest BCUT2D eigenvalue weighted by atomic mass is 9.64. The number of benzene rings is 10. The maximum absolute atomic E-state index is 2.54. The first-order chi connectivity index (χ1) is 28.3. The van der Waals surface area contributed by atoms with E-state index >= 15 is 0 Å². The second-order valence-corrected chi connectivity index (χ2v) is 15.2. The van der Waals surface area contributed by atoms with Crippen LogP contribution in [0.5, 0.6) is 0 Å². The maximum atomic E-state index is 2.54. The summed E-state index contributed by atoms with van der Waals surface area (Å²) in [5.74, 6) is 0. The van der Waals surface area contributed by atoms with Gasteiger partial charge in [0.2, 0.25) is 0 Å². The average molecular weight is 725 g/mol. The minimum atomic E-state index is -0.613. The van der Waals surface area contributed by atoms with Crippen molar-refractivity contribution in [2.24, 2.45) is 0 Å². The highest BCUT2D eigenvalue weighted by molar-refractivity contribution is 6.17. The molecule has 0 N–H and O–H groups in total. The molecule has 0 fully saturated rings. The van der Waals surface area contributed by atoms with E-state index in [0.717, 1.165) is 22.7 Å². The monoisotopic (exact) mass is 724 g/mol. The zero-order valence-electron chi connectivity index (χ0n) is 31.2. The van der Waals surface area contributed by atoms with Crippen LogP contribution in [0.2, 0.25) is 0 Å². The Hall–Kier alpha value is -7.42. The lowest BCUT2D eigenvalue weighted by Gasteiger charge is -2.45. The van der Waals surface area contributed by atoms with E-state index in [2.05, 4.69) is 228 Å². The number of nitrogens with zero attached hydrogens (tertiary/aromatic N) is 2. The van der Waals surface area contributed by atoms with Crippen LogP contribution >= 0.6 is 0 Å².